The summed E-state index contributed by atoms with van der Waals surface area (Å²) in [5.74, 6) is -0.854. The van der Waals surface area contributed by atoms with Crippen LogP contribution in [-0.4, -0.2) is 30.3 Å². The Balaban J connectivity index is 1.43. The molecule has 5 nitrogen and oxygen atoms in total. The smallest absolute Gasteiger partial charge is 0.414 e. The van der Waals surface area contributed by atoms with E-state index in [0.717, 1.165) is 23.1 Å². The highest BCUT2D eigenvalue weighted by Crippen LogP contribution is 2.44. The van der Waals surface area contributed by atoms with E-state index in [1.54, 1.807) is 12.1 Å². The lowest BCUT2D eigenvalue weighted by molar-refractivity contribution is 0.0697. The first-order valence-corrected chi connectivity index (χ1v) is 10.5. The number of amides is 1. The summed E-state index contributed by atoms with van der Waals surface area (Å²) in [6.07, 6.45) is 0.243. The van der Waals surface area contributed by atoms with Gasteiger partial charge in [0.15, 0.2) is 0 Å². The van der Waals surface area contributed by atoms with E-state index in [-0.39, 0.29) is 24.0 Å². The zero-order valence-electron chi connectivity index (χ0n) is 17.2. The highest BCUT2D eigenvalue weighted by Gasteiger charge is 2.33. The number of ether oxygens (including phenoxy) is 1. The van der Waals surface area contributed by atoms with E-state index >= 15 is 0 Å². The van der Waals surface area contributed by atoms with Crippen LogP contribution < -0.4 is 4.90 Å². The van der Waals surface area contributed by atoms with Crippen molar-refractivity contribution in [1.82, 2.24) is 0 Å². The van der Waals surface area contributed by atoms with Gasteiger partial charge in [-0.3, -0.25) is 4.90 Å². The van der Waals surface area contributed by atoms with Crippen LogP contribution in [0.2, 0.25) is 0 Å². The highest BCUT2D eigenvalue weighted by atomic mass is 16.6. The third-order valence-electron chi connectivity index (χ3n) is 6.24. The van der Waals surface area contributed by atoms with E-state index in [2.05, 4.69) is 31.2 Å². The van der Waals surface area contributed by atoms with Crippen LogP contribution in [0.4, 0.5) is 10.5 Å². The molecule has 0 saturated carbocycles. The number of para-hydroxylation sites is 1. The lowest BCUT2D eigenvalue weighted by Gasteiger charge is -2.33. The standard InChI is InChI=1S/C26H23NO4/c1-16-13-17-7-6-12-22(25(28)29)24(17)27(14-16)26(30)31-15-23-20-10-4-2-8-18(20)19-9-3-5-11-21(19)23/h2-12,16,23H,13-15H2,1H3,(H,28,29). The molecule has 0 bridgehead atoms. The molecule has 1 aliphatic heterocycles. The average Bonchev–Trinajstić information content (AvgIpc) is 3.10. The molecule has 1 unspecified atom stereocenters. The highest BCUT2D eigenvalue weighted by molar-refractivity contribution is 6.01. The monoisotopic (exact) mass is 413 g/mol. The Hall–Kier alpha value is -3.60. The first kappa shape index (κ1) is 19.4. The van der Waals surface area contributed by atoms with Crippen molar-refractivity contribution in [3.8, 4) is 11.1 Å². The fourth-order valence-electron chi connectivity index (χ4n) is 4.93. The van der Waals surface area contributed by atoms with Gasteiger partial charge in [0, 0.05) is 12.5 Å². The van der Waals surface area contributed by atoms with Gasteiger partial charge in [0.25, 0.3) is 0 Å². The van der Waals surface area contributed by atoms with Gasteiger partial charge in [-0.1, -0.05) is 67.6 Å². The van der Waals surface area contributed by atoms with Crippen molar-refractivity contribution in [2.75, 3.05) is 18.1 Å². The average molecular weight is 413 g/mol. The minimum absolute atomic E-state index is 0.0345. The normalized spacial score (nSPS) is 16.9. The fraction of sp³-hybridized carbons (Fsp3) is 0.231. The molecule has 0 aromatic heterocycles. The number of hydrogen-bond donors (Lipinski definition) is 1. The molecule has 5 heteroatoms. The molecule has 1 heterocycles. The topological polar surface area (TPSA) is 66.8 Å². The van der Waals surface area contributed by atoms with Gasteiger partial charge in [-0.15, -0.1) is 0 Å². The zero-order valence-corrected chi connectivity index (χ0v) is 17.2. The Kier molecular flexibility index (Phi) is 4.74. The molecule has 31 heavy (non-hydrogen) atoms. The van der Waals surface area contributed by atoms with Crippen molar-refractivity contribution in [3.05, 3.63) is 89.0 Å². The molecule has 0 radical (unpaired) electrons. The molecule has 3 aromatic carbocycles. The van der Waals surface area contributed by atoms with Gasteiger partial charge in [-0.25, -0.2) is 9.59 Å². The molecule has 1 N–H and O–H groups in total. The van der Waals surface area contributed by atoms with Crippen molar-refractivity contribution >= 4 is 17.7 Å². The van der Waals surface area contributed by atoms with Gasteiger partial charge >= 0.3 is 12.1 Å². The van der Waals surface area contributed by atoms with Gasteiger partial charge in [0.2, 0.25) is 0 Å². The Morgan fingerprint density at radius 2 is 1.61 bits per heavy atom. The second-order valence-corrected chi connectivity index (χ2v) is 8.34. The first-order valence-electron chi connectivity index (χ1n) is 10.5. The van der Waals surface area contributed by atoms with Gasteiger partial charge < -0.3 is 9.84 Å². The van der Waals surface area contributed by atoms with Crippen LogP contribution in [0.5, 0.6) is 0 Å². The third kappa shape index (κ3) is 3.26. The minimum Gasteiger partial charge on any atom is -0.478 e. The van der Waals surface area contributed by atoms with E-state index in [0.29, 0.717) is 12.2 Å². The number of carboxylic acid groups (broad SMARTS) is 1. The summed E-state index contributed by atoms with van der Waals surface area (Å²) in [5, 5.41) is 9.65. The lowest BCUT2D eigenvalue weighted by Crippen LogP contribution is -2.41. The predicted molar refractivity (Wildman–Crippen MR) is 119 cm³/mol. The second kappa shape index (κ2) is 7.58. The van der Waals surface area contributed by atoms with Crippen LogP contribution >= 0.6 is 0 Å². The molecule has 1 aliphatic carbocycles. The van der Waals surface area contributed by atoms with Crippen LogP contribution in [0.1, 0.15) is 39.9 Å². The number of rotatable bonds is 3. The Labute approximate surface area is 180 Å². The number of carboxylic acids is 1. The number of nitrogens with zero attached hydrogens (tertiary/aromatic N) is 1. The zero-order chi connectivity index (χ0) is 21.5. The number of benzene rings is 3. The van der Waals surface area contributed by atoms with Crippen molar-refractivity contribution in [2.45, 2.75) is 19.3 Å². The maximum absolute atomic E-state index is 13.2. The van der Waals surface area contributed by atoms with E-state index in [1.807, 2.05) is 30.3 Å². The number of carbonyl (C=O) groups is 2. The predicted octanol–water partition coefficient (Wildman–Crippen LogP) is 5.33. The van der Waals surface area contributed by atoms with Crippen molar-refractivity contribution in [3.63, 3.8) is 0 Å². The lowest BCUT2D eigenvalue weighted by atomic mass is 9.92. The summed E-state index contributed by atoms with van der Waals surface area (Å²) < 4.78 is 5.81. The molecule has 5 rings (SSSR count). The Morgan fingerprint density at radius 3 is 2.26 bits per heavy atom. The molecule has 2 aliphatic rings. The summed E-state index contributed by atoms with van der Waals surface area (Å²) in [4.78, 5) is 26.5. The number of fused-ring (bicyclic) bond motifs is 4. The van der Waals surface area contributed by atoms with Crippen LogP contribution in [-0.2, 0) is 11.2 Å². The van der Waals surface area contributed by atoms with E-state index < -0.39 is 12.1 Å². The summed E-state index contributed by atoms with van der Waals surface area (Å²) in [5.41, 5.74) is 6.11. The molecule has 156 valence electrons. The molecule has 1 atom stereocenters. The quantitative estimate of drug-likeness (QED) is 0.630. The molecule has 1 amide bonds. The molecule has 3 aromatic rings. The SMILES string of the molecule is CC1Cc2cccc(C(=O)O)c2N(C(=O)OCC2c3ccccc3-c3ccccc32)C1. The maximum atomic E-state index is 13.2. The first-order chi connectivity index (χ1) is 15.0. The Bertz CT molecular complexity index is 1140. The molecular formula is C26H23NO4. The van der Waals surface area contributed by atoms with Crippen LogP contribution in [0, 0.1) is 5.92 Å². The van der Waals surface area contributed by atoms with Crippen molar-refractivity contribution < 1.29 is 19.4 Å². The molecular weight excluding hydrogens is 390 g/mol. The number of carbonyl (C=O) groups excluding carboxylic acids is 1. The fourth-order valence-corrected chi connectivity index (χ4v) is 4.93. The number of aromatic carboxylic acids is 1. The van der Waals surface area contributed by atoms with Crippen LogP contribution in [0.3, 0.4) is 0 Å². The van der Waals surface area contributed by atoms with Crippen LogP contribution in [0.25, 0.3) is 11.1 Å². The summed E-state index contributed by atoms with van der Waals surface area (Å²) >= 11 is 0. The summed E-state index contributed by atoms with van der Waals surface area (Å²) in [7, 11) is 0. The van der Waals surface area contributed by atoms with Crippen LogP contribution in [0.15, 0.2) is 66.7 Å². The van der Waals surface area contributed by atoms with Gasteiger partial charge in [0.1, 0.15) is 6.61 Å². The third-order valence-corrected chi connectivity index (χ3v) is 6.24. The number of anilines is 1. The molecule has 0 fully saturated rings. The Morgan fingerprint density at radius 1 is 0.968 bits per heavy atom. The van der Waals surface area contributed by atoms with E-state index in [1.165, 1.54) is 16.0 Å². The minimum atomic E-state index is -1.04. The molecule has 0 saturated heterocycles. The van der Waals surface area contributed by atoms with Crippen molar-refractivity contribution in [1.29, 1.82) is 0 Å². The summed E-state index contributed by atoms with van der Waals surface area (Å²) in [6, 6.07) is 21.5. The summed E-state index contributed by atoms with van der Waals surface area (Å²) in [6.45, 7) is 2.70. The molecule has 0 spiro atoms. The number of hydrogen-bond acceptors (Lipinski definition) is 3. The second-order valence-electron chi connectivity index (χ2n) is 8.34. The van der Waals surface area contributed by atoms with E-state index in [4.69, 9.17) is 4.74 Å². The van der Waals surface area contributed by atoms with Gasteiger partial charge in [-0.2, -0.15) is 0 Å². The maximum Gasteiger partial charge on any atom is 0.414 e. The van der Waals surface area contributed by atoms with Crippen molar-refractivity contribution in [2.24, 2.45) is 5.92 Å². The van der Waals surface area contributed by atoms with E-state index in [9.17, 15) is 14.7 Å². The van der Waals surface area contributed by atoms with Gasteiger partial charge in [-0.05, 0) is 46.2 Å². The largest absolute Gasteiger partial charge is 0.478 e. The van der Waals surface area contributed by atoms with Gasteiger partial charge in [0.05, 0.1) is 11.3 Å².